The van der Waals surface area contributed by atoms with E-state index < -0.39 is 23.9 Å². The van der Waals surface area contributed by atoms with Gasteiger partial charge in [-0.15, -0.1) is 0 Å². The van der Waals surface area contributed by atoms with Crippen molar-refractivity contribution >= 4 is 17.5 Å². The smallest absolute Gasteiger partial charge is 0.356 e. The highest BCUT2D eigenvalue weighted by Crippen LogP contribution is 2.22. The number of nitrogens with one attached hydrogen (secondary N) is 1. The Morgan fingerprint density at radius 3 is 2.81 bits per heavy atom. The van der Waals surface area contributed by atoms with Crippen LogP contribution < -0.4 is 5.32 Å². The summed E-state index contributed by atoms with van der Waals surface area (Å²) in [6.07, 6.45) is -2.58. The molecule has 0 unspecified atom stereocenters. The average Bonchev–Trinajstić information content (AvgIpc) is 2.45. The zero-order valence-corrected chi connectivity index (χ0v) is 11.0. The number of hydrogen-bond donors (Lipinski definition) is 1. The van der Waals surface area contributed by atoms with Crippen molar-refractivity contribution in [2.24, 2.45) is 0 Å². The van der Waals surface area contributed by atoms with Crippen molar-refractivity contribution in [1.29, 1.82) is 0 Å². The Morgan fingerprint density at radius 2 is 2.24 bits per heavy atom. The van der Waals surface area contributed by atoms with Crippen molar-refractivity contribution in [3.63, 3.8) is 0 Å². The van der Waals surface area contributed by atoms with Gasteiger partial charge in [0.25, 0.3) is 6.43 Å². The minimum absolute atomic E-state index is 0.0190. The molecule has 0 amide bonds. The first-order valence-corrected chi connectivity index (χ1v) is 5.79. The maximum absolute atomic E-state index is 11.8. The van der Waals surface area contributed by atoms with Crippen LogP contribution in [-0.2, 0) is 9.47 Å². The van der Waals surface area contributed by atoms with Crippen molar-refractivity contribution in [2.75, 3.05) is 32.2 Å². The Hall–Kier alpha value is -2.36. The van der Waals surface area contributed by atoms with E-state index in [0.717, 1.165) is 19.2 Å². The summed E-state index contributed by atoms with van der Waals surface area (Å²) in [6.45, 7) is -0.795. The van der Waals surface area contributed by atoms with Crippen LogP contribution in [0.25, 0.3) is 0 Å². The Morgan fingerprint density at radius 1 is 1.52 bits per heavy atom. The SMILES string of the molecule is COC(=O)c1ccc([N+](=O)[O-])c(NCCOCC(F)F)n1. The van der Waals surface area contributed by atoms with E-state index in [1.165, 1.54) is 0 Å². The molecule has 0 saturated heterocycles. The molecule has 1 aromatic rings. The Bertz CT molecular complexity index is 513. The molecule has 8 nitrogen and oxygen atoms in total. The fraction of sp³-hybridized carbons (Fsp3) is 0.455. The number of anilines is 1. The van der Waals surface area contributed by atoms with Gasteiger partial charge in [-0.2, -0.15) is 0 Å². The van der Waals surface area contributed by atoms with E-state index in [0.29, 0.717) is 0 Å². The summed E-state index contributed by atoms with van der Waals surface area (Å²) in [6, 6.07) is 2.25. The van der Waals surface area contributed by atoms with Crippen molar-refractivity contribution < 1.29 is 28.0 Å². The monoisotopic (exact) mass is 305 g/mol. The Balaban J connectivity index is 2.72. The van der Waals surface area contributed by atoms with E-state index in [1.54, 1.807) is 0 Å². The second kappa shape index (κ2) is 8.04. The molecule has 1 aromatic heterocycles. The van der Waals surface area contributed by atoms with Gasteiger partial charge in [-0.05, 0) is 6.07 Å². The summed E-state index contributed by atoms with van der Waals surface area (Å²) in [7, 11) is 1.15. The van der Waals surface area contributed by atoms with E-state index in [9.17, 15) is 23.7 Å². The minimum Gasteiger partial charge on any atom is -0.464 e. The van der Waals surface area contributed by atoms with E-state index >= 15 is 0 Å². The summed E-state index contributed by atoms with van der Waals surface area (Å²) in [5, 5.41) is 13.4. The molecule has 0 radical (unpaired) electrons. The van der Waals surface area contributed by atoms with Gasteiger partial charge in [0.1, 0.15) is 6.61 Å². The Labute approximate surface area is 118 Å². The van der Waals surface area contributed by atoms with Gasteiger partial charge in [0, 0.05) is 12.6 Å². The van der Waals surface area contributed by atoms with E-state index in [4.69, 9.17) is 0 Å². The number of ether oxygens (including phenoxy) is 2. The lowest BCUT2D eigenvalue weighted by Gasteiger charge is -2.08. The standard InChI is InChI=1S/C11H13F2N3O5/c1-20-11(17)7-2-3-8(16(18)19)10(15-7)14-4-5-21-6-9(12)13/h2-3,9H,4-6H2,1H3,(H,14,15). The molecule has 10 heteroatoms. The predicted molar refractivity (Wildman–Crippen MR) is 67.5 cm³/mol. The van der Waals surface area contributed by atoms with E-state index in [2.05, 4.69) is 19.8 Å². The summed E-state index contributed by atoms with van der Waals surface area (Å²) in [4.78, 5) is 25.2. The normalized spacial score (nSPS) is 10.5. The van der Waals surface area contributed by atoms with Crippen molar-refractivity contribution in [3.05, 3.63) is 27.9 Å². The maximum atomic E-state index is 11.8. The lowest BCUT2D eigenvalue weighted by atomic mass is 10.3. The molecule has 0 spiro atoms. The maximum Gasteiger partial charge on any atom is 0.356 e. The van der Waals surface area contributed by atoms with Crippen LogP contribution in [-0.4, -0.2) is 49.2 Å². The summed E-state index contributed by atoms with van der Waals surface area (Å²) in [5.41, 5.74) is -0.462. The van der Waals surface area contributed by atoms with Gasteiger partial charge < -0.3 is 14.8 Å². The second-order valence-electron chi connectivity index (χ2n) is 3.71. The topological polar surface area (TPSA) is 104 Å². The Kier molecular flexibility index (Phi) is 6.40. The first kappa shape index (κ1) is 16.7. The van der Waals surface area contributed by atoms with Crippen LogP contribution in [0.1, 0.15) is 10.5 Å². The molecule has 0 saturated carbocycles. The number of carbonyl (C=O) groups excluding carboxylic acids is 1. The summed E-state index contributed by atoms with van der Waals surface area (Å²) >= 11 is 0. The third kappa shape index (κ3) is 5.26. The molecule has 0 aliphatic rings. The molecule has 0 aromatic carbocycles. The molecule has 1 rings (SSSR count). The molecular formula is C11H13F2N3O5. The lowest BCUT2D eigenvalue weighted by Crippen LogP contribution is -2.15. The van der Waals surface area contributed by atoms with Gasteiger partial charge in [-0.1, -0.05) is 0 Å². The van der Waals surface area contributed by atoms with Gasteiger partial charge in [-0.25, -0.2) is 18.6 Å². The number of rotatable bonds is 8. The molecule has 0 aliphatic carbocycles. The van der Waals surface area contributed by atoms with Crippen LogP contribution in [0.4, 0.5) is 20.3 Å². The van der Waals surface area contributed by atoms with Crippen LogP contribution in [0, 0.1) is 10.1 Å². The molecule has 116 valence electrons. The lowest BCUT2D eigenvalue weighted by molar-refractivity contribution is -0.384. The van der Waals surface area contributed by atoms with Crippen LogP contribution in [0.3, 0.4) is 0 Å². The zero-order valence-electron chi connectivity index (χ0n) is 11.0. The first-order chi connectivity index (χ1) is 9.95. The highest BCUT2D eigenvalue weighted by atomic mass is 19.3. The number of methoxy groups -OCH3 is 1. The molecule has 0 fully saturated rings. The third-order valence-corrected chi connectivity index (χ3v) is 2.25. The predicted octanol–water partition coefficient (Wildman–Crippen LogP) is 1.47. The van der Waals surface area contributed by atoms with E-state index in [-0.39, 0.29) is 30.4 Å². The van der Waals surface area contributed by atoms with Gasteiger partial charge in [0.15, 0.2) is 5.69 Å². The highest BCUT2D eigenvalue weighted by Gasteiger charge is 2.18. The van der Waals surface area contributed by atoms with Gasteiger partial charge in [0.05, 0.1) is 18.6 Å². The number of hydrogen-bond acceptors (Lipinski definition) is 7. The van der Waals surface area contributed by atoms with Crippen LogP contribution in [0.5, 0.6) is 0 Å². The van der Waals surface area contributed by atoms with Crippen LogP contribution >= 0.6 is 0 Å². The fourth-order valence-corrected chi connectivity index (χ4v) is 1.36. The highest BCUT2D eigenvalue weighted by molar-refractivity contribution is 5.88. The summed E-state index contributed by atoms with van der Waals surface area (Å²) in [5.74, 6) is -0.912. The number of alkyl halides is 2. The number of carbonyl (C=O) groups is 1. The molecule has 0 aliphatic heterocycles. The van der Waals surface area contributed by atoms with E-state index in [1.807, 2.05) is 0 Å². The number of nitrogens with zero attached hydrogens (tertiary/aromatic N) is 2. The largest absolute Gasteiger partial charge is 0.464 e. The minimum atomic E-state index is -2.58. The van der Waals surface area contributed by atoms with Gasteiger partial charge in [0.2, 0.25) is 5.82 Å². The van der Waals surface area contributed by atoms with Crippen LogP contribution in [0.2, 0.25) is 0 Å². The quantitative estimate of drug-likeness (QED) is 0.335. The number of aromatic nitrogens is 1. The molecule has 1 N–H and O–H groups in total. The first-order valence-electron chi connectivity index (χ1n) is 5.79. The second-order valence-corrected chi connectivity index (χ2v) is 3.71. The van der Waals surface area contributed by atoms with Crippen LogP contribution in [0.15, 0.2) is 12.1 Å². The average molecular weight is 305 g/mol. The molecular weight excluding hydrogens is 292 g/mol. The number of esters is 1. The van der Waals surface area contributed by atoms with Gasteiger partial charge >= 0.3 is 11.7 Å². The number of nitro groups is 1. The molecule has 0 bridgehead atoms. The molecule has 0 atom stereocenters. The van der Waals surface area contributed by atoms with Gasteiger partial charge in [-0.3, -0.25) is 10.1 Å². The number of halogens is 2. The summed E-state index contributed by atoms with van der Waals surface area (Å²) < 4.78 is 32.7. The van der Waals surface area contributed by atoms with Crippen molar-refractivity contribution in [2.45, 2.75) is 6.43 Å². The van der Waals surface area contributed by atoms with Crippen molar-refractivity contribution in [3.8, 4) is 0 Å². The molecule has 1 heterocycles. The third-order valence-electron chi connectivity index (χ3n) is 2.25. The molecule has 21 heavy (non-hydrogen) atoms. The zero-order chi connectivity index (χ0) is 15.8. The number of pyridine rings is 1. The fourth-order valence-electron chi connectivity index (χ4n) is 1.36. The van der Waals surface area contributed by atoms with Crippen molar-refractivity contribution in [1.82, 2.24) is 4.98 Å².